The highest BCUT2D eigenvalue weighted by Gasteiger charge is 2.25. The monoisotopic (exact) mass is 376 g/mol. The summed E-state index contributed by atoms with van der Waals surface area (Å²) in [6.45, 7) is 8.81. The van der Waals surface area contributed by atoms with Gasteiger partial charge in [0, 0.05) is 44.0 Å². The molecule has 2 fully saturated rings. The van der Waals surface area contributed by atoms with Crippen molar-refractivity contribution >= 4 is 11.7 Å². The minimum absolute atomic E-state index is 0.0771. The molecule has 3 rings (SSSR count). The van der Waals surface area contributed by atoms with Crippen LogP contribution in [0, 0.1) is 11.7 Å². The van der Waals surface area contributed by atoms with Gasteiger partial charge in [-0.2, -0.15) is 0 Å². The molecule has 0 radical (unpaired) electrons. The zero-order chi connectivity index (χ0) is 19.2. The minimum Gasteiger partial charge on any atom is -0.371 e. The standard InChI is InChI=1S/C21H33FN4O/c1-16-5-3-4-11-26(16)17(2)13-23-21(27)24-14-18-10-12-25(15-18)20-8-6-19(22)7-9-20/h6-9,16-18H,3-5,10-15H2,1-2H3,(H2,23,24,27)/t16-,17-,18+/m1/s1. The molecule has 0 unspecified atom stereocenters. The summed E-state index contributed by atoms with van der Waals surface area (Å²) in [5.74, 6) is 0.223. The van der Waals surface area contributed by atoms with Crippen molar-refractivity contribution in [3.8, 4) is 0 Å². The molecule has 2 aliphatic heterocycles. The topological polar surface area (TPSA) is 47.6 Å². The van der Waals surface area contributed by atoms with Crippen LogP contribution in [-0.2, 0) is 0 Å². The Kier molecular flexibility index (Phi) is 6.94. The number of carbonyl (C=O) groups excluding carboxylic acids is 1. The van der Waals surface area contributed by atoms with Gasteiger partial charge in [-0.25, -0.2) is 9.18 Å². The molecule has 0 spiro atoms. The van der Waals surface area contributed by atoms with Crippen molar-refractivity contribution in [1.29, 1.82) is 0 Å². The quantitative estimate of drug-likeness (QED) is 0.801. The Hall–Kier alpha value is -1.82. The molecule has 1 aromatic carbocycles. The molecule has 0 aliphatic carbocycles. The van der Waals surface area contributed by atoms with E-state index in [9.17, 15) is 9.18 Å². The molecule has 2 aliphatic rings. The van der Waals surface area contributed by atoms with Crippen LogP contribution in [0.3, 0.4) is 0 Å². The van der Waals surface area contributed by atoms with Crippen molar-refractivity contribution in [2.24, 2.45) is 5.92 Å². The third-order valence-electron chi connectivity index (χ3n) is 6.01. The molecule has 0 bridgehead atoms. The number of carbonyl (C=O) groups is 1. The van der Waals surface area contributed by atoms with Crippen molar-refractivity contribution in [2.75, 3.05) is 37.6 Å². The van der Waals surface area contributed by atoms with Crippen molar-refractivity contribution < 1.29 is 9.18 Å². The number of anilines is 1. The van der Waals surface area contributed by atoms with Crippen LogP contribution in [0.15, 0.2) is 24.3 Å². The fourth-order valence-corrected chi connectivity index (χ4v) is 4.32. The van der Waals surface area contributed by atoms with E-state index in [1.165, 1.54) is 31.4 Å². The first kappa shape index (κ1) is 19.9. The second kappa shape index (κ2) is 9.40. The van der Waals surface area contributed by atoms with E-state index >= 15 is 0 Å². The van der Waals surface area contributed by atoms with E-state index in [1.54, 1.807) is 0 Å². The molecule has 2 N–H and O–H groups in total. The van der Waals surface area contributed by atoms with Crippen molar-refractivity contribution in [2.45, 2.75) is 51.6 Å². The number of piperidine rings is 1. The summed E-state index contributed by atoms with van der Waals surface area (Å²) in [5, 5.41) is 6.05. The number of nitrogens with zero attached hydrogens (tertiary/aromatic N) is 2. The van der Waals surface area contributed by atoms with Crippen LogP contribution in [0.25, 0.3) is 0 Å². The number of nitrogens with one attached hydrogen (secondary N) is 2. The molecule has 2 amide bonds. The first-order chi connectivity index (χ1) is 13.0. The van der Waals surface area contributed by atoms with Gasteiger partial charge >= 0.3 is 6.03 Å². The van der Waals surface area contributed by atoms with Gasteiger partial charge in [0.05, 0.1) is 0 Å². The summed E-state index contributed by atoms with van der Waals surface area (Å²) in [6, 6.07) is 7.53. The van der Waals surface area contributed by atoms with Gasteiger partial charge in [0.2, 0.25) is 0 Å². The Balaban J connectivity index is 1.35. The maximum Gasteiger partial charge on any atom is 0.314 e. The van der Waals surface area contributed by atoms with Gasteiger partial charge < -0.3 is 15.5 Å². The molecule has 0 saturated carbocycles. The van der Waals surface area contributed by atoms with Crippen LogP contribution in [0.2, 0.25) is 0 Å². The number of halogens is 1. The lowest BCUT2D eigenvalue weighted by molar-refractivity contribution is 0.114. The van der Waals surface area contributed by atoms with Crippen LogP contribution in [0.1, 0.15) is 39.5 Å². The molecule has 1 aromatic rings. The lowest BCUT2D eigenvalue weighted by Crippen LogP contribution is -2.50. The Labute approximate surface area is 162 Å². The lowest BCUT2D eigenvalue weighted by atomic mass is 10.0. The molecule has 2 heterocycles. The van der Waals surface area contributed by atoms with E-state index in [4.69, 9.17) is 0 Å². The van der Waals surface area contributed by atoms with Crippen molar-refractivity contribution in [3.63, 3.8) is 0 Å². The van der Waals surface area contributed by atoms with E-state index in [0.29, 0.717) is 31.1 Å². The fourth-order valence-electron chi connectivity index (χ4n) is 4.32. The van der Waals surface area contributed by atoms with Gasteiger partial charge in [0.1, 0.15) is 5.82 Å². The molecule has 6 heteroatoms. The SMILES string of the molecule is C[C@@H]1CCCCN1[C@H](C)CNC(=O)NC[C@@H]1CCN(c2ccc(F)cc2)C1. The zero-order valence-corrected chi connectivity index (χ0v) is 16.6. The third-order valence-corrected chi connectivity index (χ3v) is 6.01. The van der Waals surface area contributed by atoms with Crippen LogP contribution < -0.4 is 15.5 Å². The first-order valence-corrected chi connectivity index (χ1v) is 10.3. The summed E-state index contributed by atoms with van der Waals surface area (Å²) in [6.07, 6.45) is 4.86. The van der Waals surface area contributed by atoms with Gasteiger partial charge in [-0.15, -0.1) is 0 Å². The molecule has 0 aromatic heterocycles. The fraction of sp³-hybridized carbons (Fsp3) is 0.667. The van der Waals surface area contributed by atoms with Crippen LogP contribution in [0.5, 0.6) is 0 Å². The normalized spacial score (nSPS) is 24.6. The average Bonchev–Trinajstić information content (AvgIpc) is 3.14. The Morgan fingerprint density at radius 3 is 2.70 bits per heavy atom. The second-order valence-electron chi connectivity index (χ2n) is 8.10. The Bertz CT molecular complexity index is 609. The number of urea groups is 1. The molecule has 3 atom stereocenters. The summed E-state index contributed by atoms with van der Waals surface area (Å²) in [4.78, 5) is 16.9. The third kappa shape index (κ3) is 5.58. The second-order valence-corrected chi connectivity index (χ2v) is 8.10. The maximum atomic E-state index is 13.1. The molecule has 150 valence electrons. The predicted molar refractivity (Wildman–Crippen MR) is 108 cm³/mol. The number of amides is 2. The van der Waals surface area contributed by atoms with E-state index in [-0.39, 0.29) is 11.8 Å². The number of likely N-dealkylation sites (tertiary alicyclic amines) is 1. The summed E-state index contributed by atoms with van der Waals surface area (Å²) < 4.78 is 13.1. The number of hydrogen-bond acceptors (Lipinski definition) is 3. The molecular formula is C21H33FN4O. The predicted octanol–water partition coefficient (Wildman–Crippen LogP) is 3.21. The summed E-state index contributed by atoms with van der Waals surface area (Å²) in [5.41, 5.74) is 1.05. The van der Waals surface area contributed by atoms with Gasteiger partial charge in [-0.3, -0.25) is 4.90 Å². The maximum absolute atomic E-state index is 13.1. The van der Waals surface area contributed by atoms with Gasteiger partial charge in [-0.1, -0.05) is 6.42 Å². The van der Waals surface area contributed by atoms with Gasteiger partial charge in [-0.05, 0) is 69.8 Å². The highest BCUT2D eigenvalue weighted by molar-refractivity contribution is 5.73. The van der Waals surface area contributed by atoms with Crippen molar-refractivity contribution in [3.05, 3.63) is 30.1 Å². The number of hydrogen-bond donors (Lipinski definition) is 2. The smallest absolute Gasteiger partial charge is 0.314 e. The first-order valence-electron chi connectivity index (χ1n) is 10.3. The average molecular weight is 377 g/mol. The van der Waals surface area contributed by atoms with E-state index in [2.05, 4.69) is 34.3 Å². The van der Waals surface area contributed by atoms with Gasteiger partial charge in [0.15, 0.2) is 0 Å². The summed E-state index contributed by atoms with van der Waals surface area (Å²) >= 11 is 0. The van der Waals surface area contributed by atoms with Crippen LogP contribution in [-0.4, -0.2) is 55.7 Å². The number of rotatable bonds is 6. The summed E-state index contributed by atoms with van der Waals surface area (Å²) in [7, 11) is 0. The Morgan fingerprint density at radius 1 is 1.19 bits per heavy atom. The Morgan fingerprint density at radius 2 is 1.96 bits per heavy atom. The van der Waals surface area contributed by atoms with Crippen LogP contribution >= 0.6 is 0 Å². The highest BCUT2D eigenvalue weighted by atomic mass is 19.1. The molecule has 27 heavy (non-hydrogen) atoms. The van der Waals surface area contributed by atoms with Crippen molar-refractivity contribution in [1.82, 2.24) is 15.5 Å². The zero-order valence-electron chi connectivity index (χ0n) is 16.6. The van der Waals surface area contributed by atoms with E-state index in [1.807, 2.05) is 12.1 Å². The van der Waals surface area contributed by atoms with Crippen LogP contribution in [0.4, 0.5) is 14.9 Å². The minimum atomic E-state index is -0.207. The lowest BCUT2D eigenvalue weighted by Gasteiger charge is -2.38. The van der Waals surface area contributed by atoms with Gasteiger partial charge in [0.25, 0.3) is 0 Å². The van der Waals surface area contributed by atoms with E-state index < -0.39 is 0 Å². The molecular weight excluding hydrogens is 343 g/mol. The highest BCUT2D eigenvalue weighted by Crippen LogP contribution is 2.23. The molecule has 2 saturated heterocycles. The molecule has 5 nitrogen and oxygen atoms in total. The van der Waals surface area contributed by atoms with E-state index in [0.717, 1.165) is 31.7 Å². The number of benzene rings is 1. The largest absolute Gasteiger partial charge is 0.371 e.